The number of carbonyl (C=O) groups is 2. The average molecular weight is 214 g/mol. The summed E-state index contributed by atoms with van der Waals surface area (Å²) in [5.74, 6) is -0.969. The van der Waals surface area contributed by atoms with Crippen LogP contribution in [0.15, 0.2) is 0 Å². The van der Waals surface area contributed by atoms with Crippen LogP contribution in [0.3, 0.4) is 0 Å². The van der Waals surface area contributed by atoms with Crippen LogP contribution in [-0.4, -0.2) is 47.1 Å². The average Bonchev–Trinajstić information content (AvgIpc) is 2.96. The number of rotatable bonds is 6. The summed E-state index contributed by atoms with van der Waals surface area (Å²) in [7, 11) is 0. The number of nitrogens with zero attached hydrogens (tertiary/aromatic N) is 1. The third kappa shape index (κ3) is 3.51. The molecule has 1 unspecified atom stereocenters. The lowest BCUT2D eigenvalue weighted by Crippen LogP contribution is -2.48. The number of aliphatic carboxylic acids is 1. The van der Waals surface area contributed by atoms with Gasteiger partial charge in [-0.3, -0.25) is 14.5 Å². The van der Waals surface area contributed by atoms with Crippen molar-refractivity contribution < 1.29 is 14.7 Å². The first-order chi connectivity index (χ1) is 7.06. The maximum atomic E-state index is 11.6. The largest absolute Gasteiger partial charge is 0.480 e. The van der Waals surface area contributed by atoms with Crippen molar-refractivity contribution in [3.8, 4) is 0 Å². The summed E-state index contributed by atoms with van der Waals surface area (Å²) in [6.45, 7) is 4.13. The molecule has 86 valence electrons. The zero-order chi connectivity index (χ0) is 11.4. The van der Waals surface area contributed by atoms with E-state index >= 15 is 0 Å². The van der Waals surface area contributed by atoms with Crippen molar-refractivity contribution in [1.29, 1.82) is 0 Å². The number of amides is 1. The Kier molecular flexibility index (Phi) is 4.08. The quantitative estimate of drug-likeness (QED) is 0.656. The summed E-state index contributed by atoms with van der Waals surface area (Å²) < 4.78 is 0. The van der Waals surface area contributed by atoms with Gasteiger partial charge in [-0.2, -0.15) is 0 Å². The number of hydrogen-bond acceptors (Lipinski definition) is 3. The Labute approximate surface area is 89.4 Å². The van der Waals surface area contributed by atoms with Gasteiger partial charge in [0, 0.05) is 12.6 Å². The highest BCUT2D eigenvalue weighted by Gasteiger charge is 2.35. The third-order valence-electron chi connectivity index (χ3n) is 2.56. The monoisotopic (exact) mass is 214 g/mol. The van der Waals surface area contributed by atoms with Crippen molar-refractivity contribution in [2.45, 2.75) is 38.8 Å². The van der Waals surface area contributed by atoms with E-state index in [1.165, 1.54) is 0 Å². The van der Waals surface area contributed by atoms with Crippen molar-refractivity contribution in [3.63, 3.8) is 0 Å². The molecule has 5 heteroatoms. The molecule has 0 heterocycles. The van der Waals surface area contributed by atoms with Crippen LogP contribution in [-0.2, 0) is 9.59 Å². The molecular formula is C10H18N2O3. The Hall–Kier alpha value is -1.10. The molecule has 0 aromatic rings. The molecular weight excluding hydrogens is 196 g/mol. The minimum atomic E-state index is -0.877. The molecule has 1 fully saturated rings. The van der Waals surface area contributed by atoms with Crippen molar-refractivity contribution >= 4 is 11.9 Å². The van der Waals surface area contributed by atoms with E-state index in [1.54, 1.807) is 11.8 Å². The zero-order valence-electron chi connectivity index (χ0n) is 9.19. The zero-order valence-corrected chi connectivity index (χ0v) is 9.19. The normalized spacial score (nSPS) is 17.5. The topological polar surface area (TPSA) is 69.6 Å². The highest BCUT2D eigenvalue weighted by atomic mass is 16.4. The fourth-order valence-corrected chi connectivity index (χ4v) is 1.62. The van der Waals surface area contributed by atoms with Gasteiger partial charge in [0.25, 0.3) is 0 Å². The molecule has 1 amide bonds. The second-order valence-electron chi connectivity index (χ2n) is 3.87. The van der Waals surface area contributed by atoms with Crippen LogP contribution in [0, 0.1) is 0 Å². The standard InChI is InChI=1S/C10H18N2O3/c1-3-11-10(15)7(2)12(6-9(13)14)8-4-5-8/h7-8H,3-6H2,1-2H3,(H,11,15)(H,13,14). The summed E-state index contributed by atoms with van der Waals surface area (Å²) >= 11 is 0. The van der Waals surface area contributed by atoms with Gasteiger partial charge in [0.15, 0.2) is 0 Å². The second kappa shape index (κ2) is 5.11. The van der Waals surface area contributed by atoms with E-state index in [-0.39, 0.29) is 24.5 Å². The first-order valence-electron chi connectivity index (χ1n) is 5.31. The lowest BCUT2D eigenvalue weighted by Gasteiger charge is -2.26. The van der Waals surface area contributed by atoms with Gasteiger partial charge in [0.2, 0.25) is 5.91 Å². The summed E-state index contributed by atoms with van der Waals surface area (Å²) in [5.41, 5.74) is 0. The number of nitrogens with one attached hydrogen (secondary N) is 1. The second-order valence-corrected chi connectivity index (χ2v) is 3.87. The van der Waals surface area contributed by atoms with Gasteiger partial charge in [-0.1, -0.05) is 0 Å². The molecule has 2 N–H and O–H groups in total. The molecule has 15 heavy (non-hydrogen) atoms. The molecule has 1 rings (SSSR count). The van der Waals surface area contributed by atoms with Crippen LogP contribution in [0.1, 0.15) is 26.7 Å². The lowest BCUT2D eigenvalue weighted by molar-refractivity contribution is -0.140. The number of likely N-dealkylation sites (N-methyl/N-ethyl adjacent to an activating group) is 1. The Morgan fingerprint density at radius 3 is 2.53 bits per heavy atom. The van der Waals surface area contributed by atoms with Crippen molar-refractivity contribution in [1.82, 2.24) is 10.2 Å². The number of hydrogen-bond donors (Lipinski definition) is 2. The molecule has 0 aromatic heterocycles. The van der Waals surface area contributed by atoms with E-state index in [0.717, 1.165) is 12.8 Å². The summed E-state index contributed by atoms with van der Waals surface area (Å²) in [4.78, 5) is 24.0. The van der Waals surface area contributed by atoms with Crippen LogP contribution in [0.25, 0.3) is 0 Å². The number of carboxylic acid groups (broad SMARTS) is 1. The molecule has 1 saturated carbocycles. The van der Waals surface area contributed by atoms with Gasteiger partial charge in [-0.05, 0) is 26.7 Å². The number of carboxylic acids is 1. The first-order valence-corrected chi connectivity index (χ1v) is 5.31. The van der Waals surface area contributed by atoms with Crippen LogP contribution in [0.4, 0.5) is 0 Å². The van der Waals surface area contributed by atoms with Crippen LogP contribution in [0.2, 0.25) is 0 Å². The Bertz CT molecular complexity index is 251. The van der Waals surface area contributed by atoms with E-state index in [0.29, 0.717) is 6.54 Å². The maximum Gasteiger partial charge on any atom is 0.317 e. The molecule has 0 saturated heterocycles. The van der Waals surface area contributed by atoms with E-state index in [1.807, 2.05) is 6.92 Å². The molecule has 0 aromatic carbocycles. The molecule has 5 nitrogen and oxygen atoms in total. The summed E-state index contributed by atoms with van der Waals surface area (Å²) in [6, 6.07) is -0.0766. The smallest absolute Gasteiger partial charge is 0.317 e. The number of carbonyl (C=O) groups excluding carboxylic acids is 1. The first kappa shape index (κ1) is 12.0. The molecule has 1 aliphatic carbocycles. The highest BCUT2D eigenvalue weighted by Crippen LogP contribution is 2.28. The van der Waals surface area contributed by atoms with E-state index in [4.69, 9.17) is 5.11 Å². The Morgan fingerprint density at radius 1 is 1.53 bits per heavy atom. The van der Waals surface area contributed by atoms with Crippen LogP contribution in [0.5, 0.6) is 0 Å². The molecule has 1 atom stereocenters. The molecule has 0 aliphatic heterocycles. The fraction of sp³-hybridized carbons (Fsp3) is 0.800. The Morgan fingerprint density at radius 2 is 2.13 bits per heavy atom. The van der Waals surface area contributed by atoms with Crippen LogP contribution < -0.4 is 5.32 Å². The van der Waals surface area contributed by atoms with Crippen molar-refractivity contribution in [2.24, 2.45) is 0 Å². The van der Waals surface area contributed by atoms with E-state index in [9.17, 15) is 9.59 Å². The SMILES string of the molecule is CCNC(=O)C(C)N(CC(=O)O)C1CC1. The predicted molar refractivity (Wildman–Crippen MR) is 55.5 cm³/mol. The van der Waals surface area contributed by atoms with Gasteiger partial charge in [-0.15, -0.1) is 0 Å². The lowest BCUT2D eigenvalue weighted by atomic mass is 10.2. The predicted octanol–water partition coefficient (Wildman–Crippen LogP) is 0.0600. The minimum absolute atomic E-state index is 0.0526. The molecule has 1 aliphatic rings. The molecule has 0 radical (unpaired) electrons. The minimum Gasteiger partial charge on any atom is -0.480 e. The van der Waals surface area contributed by atoms with Gasteiger partial charge >= 0.3 is 5.97 Å². The van der Waals surface area contributed by atoms with Gasteiger partial charge in [0.1, 0.15) is 0 Å². The fourth-order valence-electron chi connectivity index (χ4n) is 1.62. The Balaban J connectivity index is 2.54. The van der Waals surface area contributed by atoms with Gasteiger partial charge in [0.05, 0.1) is 12.6 Å². The van der Waals surface area contributed by atoms with Crippen molar-refractivity contribution in [2.75, 3.05) is 13.1 Å². The van der Waals surface area contributed by atoms with Gasteiger partial charge < -0.3 is 10.4 Å². The van der Waals surface area contributed by atoms with Crippen molar-refractivity contribution in [3.05, 3.63) is 0 Å². The van der Waals surface area contributed by atoms with Crippen LogP contribution >= 0.6 is 0 Å². The van der Waals surface area contributed by atoms with E-state index in [2.05, 4.69) is 5.32 Å². The highest BCUT2D eigenvalue weighted by molar-refractivity contribution is 5.82. The summed E-state index contributed by atoms with van der Waals surface area (Å²) in [6.07, 6.45) is 1.99. The summed E-state index contributed by atoms with van der Waals surface area (Å²) in [5, 5.41) is 11.5. The van der Waals surface area contributed by atoms with Gasteiger partial charge in [-0.25, -0.2) is 0 Å². The molecule has 0 spiro atoms. The van der Waals surface area contributed by atoms with E-state index < -0.39 is 5.97 Å². The third-order valence-corrected chi connectivity index (χ3v) is 2.56. The maximum absolute atomic E-state index is 11.6. The molecule has 0 bridgehead atoms.